The van der Waals surface area contributed by atoms with Crippen LogP contribution in [0.1, 0.15) is 32.9 Å². The van der Waals surface area contributed by atoms with Crippen LogP contribution in [-0.2, 0) is 4.74 Å². The third-order valence-electron chi connectivity index (χ3n) is 3.00. The minimum Gasteiger partial charge on any atom is -0.507 e. The summed E-state index contributed by atoms with van der Waals surface area (Å²) in [6, 6.07) is 7.94. The van der Waals surface area contributed by atoms with E-state index in [4.69, 9.17) is 9.47 Å². The molecule has 0 saturated carbocycles. The van der Waals surface area contributed by atoms with E-state index in [1.165, 1.54) is 30.6 Å². The number of hydrogen-bond donors (Lipinski definition) is 1. The summed E-state index contributed by atoms with van der Waals surface area (Å²) in [5.74, 6) is -0.323. The monoisotopic (exact) mass is 320 g/mol. The molecule has 5 nitrogen and oxygen atoms in total. The Morgan fingerprint density at radius 1 is 1.27 bits per heavy atom. The largest absolute Gasteiger partial charge is 0.507 e. The highest BCUT2D eigenvalue weighted by atomic mass is 32.1. The SMILES string of the molecule is COc1ccc(C(=O)OCCCC(=O)c2cccs2)c(O)c1. The van der Waals surface area contributed by atoms with Gasteiger partial charge in [-0.05, 0) is 30.0 Å². The summed E-state index contributed by atoms with van der Waals surface area (Å²) in [6.45, 7) is 0.126. The van der Waals surface area contributed by atoms with Crippen molar-refractivity contribution in [2.75, 3.05) is 13.7 Å². The van der Waals surface area contributed by atoms with Gasteiger partial charge in [-0.1, -0.05) is 6.07 Å². The van der Waals surface area contributed by atoms with E-state index in [-0.39, 0.29) is 23.7 Å². The molecule has 1 N–H and O–H groups in total. The van der Waals surface area contributed by atoms with E-state index in [2.05, 4.69) is 0 Å². The molecular formula is C16H16O5S. The Kier molecular flexibility index (Phi) is 5.55. The number of esters is 1. The zero-order valence-corrected chi connectivity index (χ0v) is 12.9. The van der Waals surface area contributed by atoms with Gasteiger partial charge >= 0.3 is 5.97 Å². The molecule has 0 aliphatic heterocycles. The lowest BCUT2D eigenvalue weighted by Crippen LogP contribution is -2.08. The van der Waals surface area contributed by atoms with Crippen LogP contribution in [0.25, 0.3) is 0 Å². The summed E-state index contributed by atoms with van der Waals surface area (Å²) >= 11 is 1.40. The average molecular weight is 320 g/mol. The van der Waals surface area contributed by atoms with Crippen LogP contribution in [0.15, 0.2) is 35.7 Å². The highest BCUT2D eigenvalue weighted by molar-refractivity contribution is 7.12. The number of aromatic hydroxyl groups is 1. The number of carbonyl (C=O) groups is 2. The van der Waals surface area contributed by atoms with Gasteiger partial charge < -0.3 is 14.6 Å². The van der Waals surface area contributed by atoms with E-state index in [0.717, 1.165) is 0 Å². The summed E-state index contributed by atoms with van der Waals surface area (Å²) in [7, 11) is 1.47. The Morgan fingerprint density at radius 2 is 2.09 bits per heavy atom. The number of Topliss-reactive ketones (excluding diaryl/α,β-unsaturated/α-hetero) is 1. The molecule has 0 unspecified atom stereocenters. The molecule has 0 atom stereocenters. The van der Waals surface area contributed by atoms with Gasteiger partial charge in [-0.3, -0.25) is 4.79 Å². The zero-order chi connectivity index (χ0) is 15.9. The van der Waals surface area contributed by atoms with Gasteiger partial charge in [-0.25, -0.2) is 4.79 Å². The number of rotatable bonds is 7. The first-order valence-corrected chi connectivity index (χ1v) is 7.60. The van der Waals surface area contributed by atoms with Crippen LogP contribution in [0.4, 0.5) is 0 Å². The minimum absolute atomic E-state index is 0.0401. The van der Waals surface area contributed by atoms with Crippen molar-refractivity contribution in [2.24, 2.45) is 0 Å². The maximum atomic E-state index is 11.8. The Hall–Kier alpha value is -2.34. The Morgan fingerprint density at radius 3 is 2.73 bits per heavy atom. The molecule has 22 heavy (non-hydrogen) atoms. The highest BCUT2D eigenvalue weighted by Gasteiger charge is 2.14. The van der Waals surface area contributed by atoms with Gasteiger partial charge in [0.2, 0.25) is 0 Å². The van der Waals surface area contributed by atoms with Crippen LogP contribution in [-0.4, -0.2) is 30.6 Å². The van der Waals surface area contributed by atoms with Crippen molar-refractivity contribution >= 4 is 23.1 Å². The van der Waals surface area contributed by atoms with Gasteiger partial charge in [-0.15, -0.1) is 11.3 Å². The fourth-order valence-corrected chi connectivity index (χ4v) is 2.54. The van der Waals surface area contributed by atoms with Gasteiger partial charge in [0.25, 0.3) is 0 Å². The van der Waals surface area contributed by atoms with Gasteiger partial charge in [-0.2, -0.15) is 0 Å². The quantitative estimate of drug-likeness (QED) is 0.481. The molecular weight excluding hydrogens is 304 g/mol. The second-order valence-corrected chi connectivity index (χ2v) is 5.47. The highest BCUT2D eigenvalue weighted by Crippen LogP contribution is 2.24. The first-order valence-electron chi connectivity index (χ1n) is 6.72. The topological polar surface area (TPSA) is 72.8 Å². The number of ketones is 1. The molecule has 2 rings (SSSR count). The number of thiophene rings is 1. The number of phenolic OH excluding ortho intramolecular Hbond substituents is 1. The summed E-state index contributed by atoms with van der Waals surface area (Å²) in [6.07, 6.45) is 0.766. The molecule has 0 bridgehead atoms. The lowest BCUT2D eigenvalue weighted by molar-refractivity contribution is 0.0491. The van der Waals surface area contributed by atoms with Gasteiger partial charge in [0, 0.05) is 12.5 Å². The minimum atomic E-state index is -0.622. The van der Waals surface area contributed by atoms with Crippen LogP contribution in [0.5, 0.6) is 11.5 Å². The van der Waals surface area contributed by atoms with Gasteiger partial charge in [0.15, 0.2) is 5.78 Å². The van der Waals surface area contributed by atoms with Crippen molar-refractivity contribution in [3.8, 4) is 11.5 Å². The molecule has 1 aromatic heterocycles. The molecule has 116 valence electrons. The van der Waals surface area contributed by atoms with Crippen molar-refractivity contribution < 1.29 is 24.2 Å². The van der Waals surface area contributed by atoms with Crippen molar-refractivity contribution in [2.45, 2.75) is 12.8 Å². The first-order chi connectivity index (χ1) is 10.6. The molecule has 0 spiro atoms. The first kappa shape index (κ1) is 16.0. The maximum absolute atomic E-state index is 11.8. The molecule has 0 fully saturated rings. The number of carbonyl (C=O) groups excluding carboxylic acids is 2. The third-order valence-corrected chi connectivity index (χ3v) is 3.91. The fourth-order valence-electron chi connectivity index (χ4n) is 1.85. The van der Waals surface area contributed by atoms with Crippen LogP contribution in [0.2, 0.25) is 0 Å². The third kappa shape index (κ3) is 4.08. The standard InChI is InChI=1S/C16H16O5S/c1-20-11-6-7-12(14(18)10-11)16(19)21-8-2-4-13(17)15-5-3-9-22-15/h3,5-7,9-10,18H,2,4,8H2,1H3. The second-order valence-electron chi connectivity index (χ2n) is 4.52. The van der Waals surface area contributed by atoms with Gasteiger partial charge in [0.1, 0.15) is 17.1 Å². The molecule has 0 saturated heterocycles. The van der Waals surface area contributed by atoms with Crippen LogP contribution in [0.3, 0.4) is 0 Å². The van der Waals surface area contributed by atoms with E-state index in [1.54, 1.807) is 12.1 Å². The smallest absolute Gasteiger partial charge is 0.341 e. The molecule has 0 radical (unpaired) electrons. The lowest BCUT2D eigenvalue weighted by Gasteiger charge is -2.07. The Labute approximate surface area is 132 Å². The van der Waals surface area contributed by atoms with Crippen LogP contribution in [0, 0.1) is 0 Å². The molecule has 0 aliphatic rings. The predicted octanol–water partition coefficient (Wildman–Crippen LogP) is 3.28. The van der Waals surface area contributed by atoms with Crippen molar-refractivity contribution in [3.63, 3.8) is 0 Å². The normalized spacial score (nSPS) is 10.2. The predicted molar refractivity (Wildman–Crippen MR) is 82.8 cm³/mol. The number of hydrogen-bond acceptors (Lipinski definition) is 6. The van der Waals surface area contributed by atoms with E-state index < -0.39 is 5.97 Å². The Bertz CT molecular complexity index is 649. The Balaban J connectivity index is 1.79. The molecule has 2 aromatic rings. The number of methoxy groups -OCH3 is 1. The van der Waals surface area contributed by atoms with Crippen LogP contribution >= 0.6 is 11.3 Å². The number of ether oxygens (including phenoxy) is 2. The van der Waals surface area contributed by atoms with E-state index in [9.17, 15) is 14.7 Å². The van der Waals surface area contributed by atoms with E-state index >= 15 is 0 Å². The van der Waals surface area contributed by atoms with E-state index in [1.807, 2.05) is 11.4 Å². The molecule has 0 amide bonds. The maximum Gasteiger partial charge on any atom is 0.341 e. The summed E-state index contributed by atoms with van der Waals surface area (Å²) in [5, 5.41) is 11.6. The zero-order valence-electron chi connectivity index (χ0n) is 12.1. The van der Waals surface area contributed by atoms with Crippen molar-refractivity contribution in [1.82, 2.24) is 0 Å². The van der Waals surface area contributed by atoms with Gasteiger partial charge in [0.05, 0.1) is 18.6 Å². The van der Waals surface area contributed by atoms with Crippen LogP contribution < -0.4 is 4.74 Å². The summed E-state index contributed by atoms with van der Waals surface area (Å²) in [4.78, 5) is 24.3. The molecule has 0 aliphatic carbocycles. The van der Waals surface area contributed by atoms with Crippen molar-refractivity contribution in [3.05, 3.63) is 46.2 Å². The lowest BCUT2D eigenvalue weighted by atomic mass is 10.2. The molecule has 1 aromatic carbocycles. The fraction of sp³-hybridized carbons (Fsp3) is 0.250. The summed E-state index contributed by atoms with van der Waals surface area (Å²) in [5.41, 5.74) is 0.0744. The second kappa shape index (κ2) is 7.61. The summed E-state index contributed by atoms with van der Waals surface area (Å²) < 4.78 is 10.0. The molecule has 1 heterocycles. The van der Waals surface area contributed by atoms with Crippen molar-refractivity contribution in [1.29, 1.82) is 0 Å². The molecule has 6 heteroatoms. The number of phenols is 1. The van der Waals surface area contributed by atoms with E-state index in [0.29, 0.717) is 23.5 Å². The number of benzene rings is 1. The average Bonchev–Trinajstić information content (AvgIpc) is 3.05.